The highest BCUT2D eigenvalue weighted by molar-refractivity contribution is 5.37. The van der Waals surface area contributed by atoms with Crippen LogP contribution in [0.3, 0.4) is 0 Å². The lowest BCUT2D eigenvalue weighted by Gasteiger charge is -2.13. The summed E-state index contributed by atoms with van der Waals surface area (Å²) < 4.78 is 15.2. The van der Waals surface area contributed by atoms with Crippen LogP contribution in [0, 0.1) is 12.7 Å². The molecule has 0 amide bonds. The SMILES string of the molecule is CCc1c(C(CC)NC)nnn1-c1ccc(F)c(C)c1. The smallest absolute Gasteiger partial charge is 0.126 e. The highest BCUT2D eigenvalue weighted by Gasteiger charge is 2.19. The molecule has 0 spiro atoms. The summed E-state index contributed by atoms with van der Waals surface area (Å²) in [6, 6.07) is 5.20. The summed E-state index contributed by atoms with van der Waals surface area (Å²) in [5.41, 5.74) is 3.50. The Balaban J connectivity index is 2.49. The number of hydrogen-bond donors (Lipinski definition) is 1. The van der Waals surface area contributed by atoms with Crippen LogP contribution in [0.5, 0.6) is 0 Å². The van der Waals surface area contributed by atoms with Crippen molar-refractivity contribution in [1.82, 2.24) is 20.3 Å². The van der Waals surface area contributed by atoms with Gasteiger partial charge in [-0.05, 0) is 50.6 Å². The van der Waals surface area contributed by atoms with Crippen molar-refractivity contribution in [2.45, 2.75) is 39.7 Å². The minimum Gasteiger partial charge on any atom is -0.312 e. The van der Waals surface area contributed by atoms with Gasteiger partial charge in [0, 0.05) is 0 Å². The normalized spacial score (nSPS) is 12.7. The molecule has 1 N–H and O–H groups in total. The fourth-order valence-corrected chi connectivity index (χ4v) is 2.42. The van der Waals surface area contributed by atoms with Gasteiger partial charge in [-0.1, -0.05) is 19.1 Å². The van der Waals surface area contributed by atoms with Gasteiger partial charge in [-0.25, -0.2) is 9.07 Å². The maximum atomic E-state index is 13.4. The van der Waals surface area contributed by atoms with E-state index in [1.165, 1.54) is 6.07 Å². The van der Waals surface area contributed by atoms with E-state index in [4.69, 9.17) is 0 Å². The van der Waals surface area contributed by atoms with E-state index in [9.17, 15) is 4.39 Å². The van der Waals surface area contributed by atoms with E-state index in [1.54, 1.807) is 19.1 Å². The first kappa shape index (κ1) is 14.7. The van der Waals surface area contributed by atoms with Gasteiger partial charge in [0.15, 0.2) is 0 Å². The number of halogens is 1. The van der Waals surface area contributed by atoms with Crippen molar-refractivity contribution in [2.75, 3.05) is 7.05 Å². The Labute approximate surface area is 119 Å². The second-order valence-electron chi connectivity index (χ2n) is 4.87. The lowest BCUT2D eigenvalue weighted by molar-refractivity contribution is 0.555. The Morgan fingerprint density at radius 3 is 2.65 bits per heavy atom. The number of benzene rings is 1. The van der Waals surface area contributed by atoms with Gasteiger partial charge in [0.25, 0.3) is 0 Å². The van der Waals surface area contributed by atoms with Crippen molar-refractivity contribution >= 4 is 0 Å². The first-order valence-corrected chi connectivity index (χ1v) is 7.00. The summed E-state index contributed by atoms with van der Waals surface area (Å²) in [5, 5.41) is 11.8. The minimum atomic E-state index is -0.200. The Morgan fingerprint density at radius 2 is 2.10 bits per heavy atom. The maximum Gasteiger partial charge on any atom is 0.126 e. The first-order chi connectivity index (χ1) is 9.62. The van der Waals surface area contributed by atoms with Crippen LogP contribution in [-0.4, -0.2) is 22.0 Å². The molecule has 0 aliphatic rings. The predicted octanol–water partition coefficient (Wildman–Crippen LogP) is 2.95. The second kappa shape index (κ2) is 6.13. The number of hydrogen-bond acceptors (Lipinski definition) is 3. The number of nitrogens with zero attached hydrogens (tertiary/aromatic N) is 3. The lowest BCUT2D eigenvalue weighted by Crippen LogP contribution is -2.17. The molecule has 0 saturated carbocycles. The fourth-order valence-electron chi connectivity index (χ4n) is 2.42. The van der Waals surface area contributed by atoms with Crippen LogP contribution in [0.2, 0.25) is 0 Å². The average Bonchev–Trinajstić information content (AvgIpc) is 2.87. The van der Waals surface area contributed by atoms with E-state index in [-0.39, 0.29) is 11.9 Å². The van der Waals surface area contributed by atoms with Gasteiger partial charge in [0.05, 0.1) is 17.4 Å². The molecule has 2 aromatic rings. The van der Waals surface area contributed by atoms with E-state index in [0.29, 0.717) is 5.56 Å². The highest BCUT2D eigenvalue weighted by Crippen LogP contribution is 2.22. The summed E-state index contributed by atoms with van der Waals surface area (Å²) in [6.07, 6.45) is 1.78. The number of aryl methyl sites for hydroxylation is 1. The molecule has 0 bridgehead atoms. The third-order valence-corrected chi connectivity index (χ3v) is 3.60. The molecule has 0 fully saturated rings. The molecule has 0 aliphatic carbocycles. The van der Waals surface area contributed by atoms with E-state index in [1.807, 2.05) is 11.7 Å². The Morgan fingerprint density at radius 1 is 1.35 bits per heavy atom. The molecule has 1 heterocycles. The molecule has 0 radical (unpaired) electrons. The Kier molecular flexibility index (Phi) is 4.49. The summed E-state index contributed by atoms with van der Waals surface area (Å²) in [4.78, 5) is 0. The maximum absolute atomic E-state index is 13.4. The minimum absolute atomic E-state index is 0.195. The van der Waals surface area contributed by atoms with Gasteiger partial charge in [0.2, 0.25) is 0 Å². The zero-order valence-electron chi connectivity index (χ0n) is 12.4. The molecule has 0 aliphatic heterocycles. The molecular weight excluding hydrogens is 255 g/mol. The molecule has 0 saturated heterocycles. The van der Waals surface area contributed by atoms with Crippen LogP contribution in [0.1, 0.15) is 43.3 Å². The van der Waals surface area contributed by atoms with Crippen LogP contribution in [0.4, 0.5) is 4.39 Å². The van der Waals surface area contributed by atoms with Crippen molar-refractivity contribution < 1.29 is 4.39 Å². The van der Waals surface area contributed by atoms with Gasteiger partial charge in [-0.2, -0.15) is 0 Å². The van der Waals surface area contributed by atoms with E-state index in [2.05, 4.69) is 29.5 Å². The van der Waals surface area contributed by atoms with Crippen LogP contribution in [0.25, 0.3) is 5.69 Å². The number of nitrogens with one attached hydrogen (secondary N) is 1. The summed E-state index contributed by atoms with van der Waals surface area (Å²) >= 11 is 0. The second-order valence-corrected chi connectivity index (χ2v) is 4.87. The highest BCUT2D eigenvalue weighted by atomic mass is 19.1. The van der Waals surface area contributed by atoms with Gasteiger partial charge in [0.1, 0.15) is 11.5 Å². The average molecular weight is 276 g/mol. The summed E-state index contributed by atoms with van der Waals surface area (Å²) in [5.74, 6) is -0.200. The molecule has 1 atom stereocenters. The molecule has 1 unspecified atom stereocenters. The third kappa shape index (κ3) is 2.58. The van der Waals surface area contributed by atoms with Crippen molar-refractivity contribution in [3.8, 4) is 5.69 Å². The quantitative estimate of drug-likeness (QED) is 0.913. The van der Waals surface area contributed by atoms with Crippen molar-refractivity contribution in [3.63, 3.8) is 0 Å². The molecule has 1 aromatic carbocycles. The zero-order chi connectivity index (χ0) is 14.7. The van der Waals surface area contributed by atoms with Crippen LogP contribution < -0.4 is 5.32 Å². The third-order valence-electron chi connectivity index (χ3n) is 3.60. The zero-order valence-corrected chi connectivity index (χ0v) is 12.4. The van der Waals surface area contributed by atoms with Gasteiger partial charge < -0.3 is 5.32 Å². The summed E-state index contributed by atoms with van der Waals surface area (Å²) in [7, 11) is 1.93. The van der Waals surface area contributed by atoms with Crippen LogP contribution >= 0.6 is 0 Å². The topological polar surface area (TPSA) is 42.7 Å². The Bertz CT molecular complexity index is 588. The standard InChI is InChI=1S/C15H21FN4/c1-5-13(17-4)15-14(6-2)20(19-18-15)11-7-8-12(16)10(3)9-11/h7-9,13,17H,5-6H2,1-4H3. The van der Waals surface area contributed by atoms with Crippen LogP contribution in [0.15, 0.2) is 18.2 Å². The molecule has 20 heavy (non-hydrogen) atoms. The number of aromatic nitrogens is 3. The monoisotopic (exact) mass is 276 g/mol. The van der Waals surface area contributed by atoms with Crippen LogP contribution in [-0.2, 0) is 6.42 Å². The predicted molar refractivity (Wildman–Crippen MR) is 77.5 cm³/mol. The molecule has 5 heteroatoms. The van der Waals surface area contributed by atoms with Gasteiger partial charge >= 0.3 is 0 Å². The molecular formula is C15H21FN4. The van der Waals surface area contributed by atoms with E-state index in [0.717, 1.165) is 29.9 Å². The largest absolute Gasteiger partial charge is 0.312 e. The van der Waals surface area contributed by atoms with Crippen molar-refractivity contribution in [1.29, 1.82) is 0 Å². The Hall–Kier alpha value is -1.75. The lowest BCUT2D eigenvalue weighted by atomic mass is 10.1. The van der Waals surface area contributed by atoms with E-state index >= 15 is 0 Å². The molecule has 1 aromatic heterocycles. The first-order valence-electron chi connectivity index (χ1n) is 7.00. The van der Waals surface area contributed by atoms with Crippen molar-refractivity contribution in [3.05, 3.63) is 41.0 Å². The fraction of sp³-hybridized carbons (Fsp3) is 0.467. The molecule has 108 valence electrons. The van der Waals surface area contributed by atoms with Crippen molar-refractivity contribution in [2.24, 2.45) is 0 Å². The molecule has 2 rings (SSSR count). The van der Waals surface area contributed by atoms with Gasteiger partial charge in [-0.3, -0.25) is 0 Å². The number of rotatable bonds is 5. The molecule has 4 nitrogen and oxygen atoms in total. The van der Waals surface area contributed by atoms with Gasteiger partial charge in [-0.15, -0.1) is 5.10 Å². The summed E-state index contributed by atoms with van der Waals surface area (Å²) in [6.45, 7) is 5.95. The van der Waals surface area contributed by atoms with E-state index < -0.39 is 0 Å².